The molecular weight excluding hydrogens is 887 g/mol. The van der Waals surface area contributed by atoms with Gasteiger partial charge in [-0.3, -0.25) is 33.6 Å². The smallest absolute Gasteiger partial charge is 0.317 e. The van der Waals surface area contributed by atoms with Crippen LogP contribution in [0.4, 0.5) is 4.79 Å². The van der Waals surface area contributed by atoms with Crippen LogP contribution in [0.5, 0.6) is 0 Å². The summed E-state index contributed by atoms with van der Waals surface area (Å²) in [6.45, 7) is 6.27. The number of hydrogen-bond acceptors (Lipinski definition) is 18. The molecule has 20 nitrogen and oxygen atoms in total. The Kier molecular flexibility index (Phi) is 18.8. The van der Waals surface area contributed by atoms with Crippen molar-refractivity contribution in [3.8, 4) is 0 Å². The molecule has 2 aliphatic heterocycles. The highest BCUT2D eigenvalue weighted by Crippen LogP contribution is 2.46. The number of urea groups is 1. The van der Waals surface area contributed by atoms with Gasteiger partial charge in [0.1, 0.15) is 31.5 Å². The molecule has 66 heavy (non-hydrogen) atoms. The molecule has 0 unspecified atom stereocenters. The van der Waals surface area contributed by atoms with E-state index >= 15 is 0 Å². The Bertz CT molecular complexity index is 1990. The zero-order valence-corrected chi connectivity index (χ0v) is 38.6. The summed E-state index contributed by atoms with van der Waals surface area (Å²) in [5.74, 6) is -6.05. The Hall–Kier alpha value is -5.69. The quantitative estimate of drug-likeness (QED) is 0.139. The third-order valence-corrected chi connectivity index (χ3v) is 13.6. The minimum atomic E-state index is -1.85. The van der Waals surface area contributed by atoms with Crippen molar-refractivity contribution in [2.24, 2.45) is 0 Å². The van der Waals surface area contributed by atoms with Crippen LogP contribution in [0.25, 0.3) is 0 Å². The van der Waals surface area contributed by atoms with Crippen LogP contribution in [0.15, 0.2) is 60.7 Å². The lowest BCUT2D eigenvalue weighted by Gasteiger charge is -2.49. The summed E-state index contributed by atoms with van der Waals surface area (Å²) in [6.07, 6.45) is -13.0. The molecule has 5 rings (SSSR count). The summed E-state index contributed by atoms with van der Waals surface area (Å²) in [4.78, 5) is 102. The minimum Gasteiger partial charge on any atom is -0.463 e. The highest BCUT2D eigenvalue weighted by Gasteiger charge is 2.57. The molecule has 2 saturated heterocycles. The van der Waals surface area contributed by atoms with Gasteiger partial charge in [-0.15, -0.1) is 0 Å². The number of esters is 7. The minimum absolute atomic E-state index is 0.0192. The van der Waals surface area contributed by atoms with Gasteiger partial charge in [-0.05, 0) is 31.4 Å². The zero-order chi connectivity index (χ0) is 48.1. The summed E-state index contributed by atoms with van der Waals surface area (Å²) in [6, 6.07) is 19.2. The van der Waals surface area contributed by atoms with E-state index in [0.29, 0.717) is 6.42 Å². The number of carbonyl (C=O) groups is 8. The van der Waals surface area contributed by atoms with Crippen molar-refractivity contribution in [1.29, 1.82) is 0 Å². The highest BCUT2D eigenvalue weighted by atomic mass is 31.1. The summed E-state index contributed by atoms with van der Waals surface area (Å²) < 4.78 is 57.5. The lowest BCUT2D eigenvalue weighted by Crippen LogP contribution is -2.69. The Balaban J connectivity index is 1.51. The Labute approximate surface area is 383 Å². The molecule has 360 valence electrons. The molecule has 2 N–H and O–H groups in total. The molecule has 2 amide bonds. The van der Waals surface area contributed by atoms with Gasteiger partial charge >= 0.3 is 47.8 Å². The first-order chi connectivity index (χ1) is 31.4. The summed E-state index contributed by atoms with van der Waals surface area (Å²) in [5, 5.41) is 8.16. The van der Waals surface area contributed by atoms with Crippen molar-refractivity contribution in [1.82, 2.24) is 10.6 Å². The molecule has 0 spiro atoms. The lowest BCUT2D eigenvalue weighted by atomic mass is 9.94. The SMILES string of the molecule is CC(=O)OC[C@H]1O[C@@H](NC(=O)N[C@H]2CCCC[C@@H]2P(c2ccccc2)c2ccccc2)[C@H](OC(C)=O)[C@@H](OC(C)=O)[C@@H]1O[C@@H]1O[C@H](COC(C)=O)[C@@H](OC(C)=O)[C@H](OC(C)=O)[C@H]1OC(C)=O. The molecule has 12 atom stereocenters. The van der Waals surface area contributed by atoms with Crippen LogP contribution in [0.2, 0.25) is 0 Å². The number of hydrogen-bond donors (Lipinski definition) is 2. The Morgan fingerprint density at radius 1 is 0.515 bits per heavy atom. The van der Waals surface area contributed by atoms with E-state index in [1.165, 1.54) is 0 Å². The highest BCUT2D eigenvalue weighted by molar-refractivity contribution is 7.73. The first kappa shape index (κ1) is 51.3. The maximum absolute atomic E-state index is 14.2. The Morgan fingerprint density at radius 2 is 0.955 bits per heavy atom. The van der Waals surface area contributed by atoms with Crippen LogP contribution in [0.1, 0.15) is 74.1 Å². The topological polar surface area (TPSA) is 253 Å². The predicted molar refractivity (Wildman–Crippen MR) is 230 cm³/mol. The summed E-state index contributed by atoms with van der Waals surface area (Å²) in [7, 11) is -0.949. The van der Waals surface area contributed by atoms with Gasteiger partial charge in [-0.1, -0.05) is 73.5 Å². The van der Waals surface area contributed by atoms with Crippen molar-refractivity contribution in [3.05, 3.63) is 60.7 Å². The standard InChI is InChI=1S/C45H57N2O18P/c1-24(48)56-22-34-38(65-44-42(62-30(7)54)40(60-28(5)52)37(58-26(3)50)35(64-44)23-57-25(2)49)39(59-27(4)51)41(61-29(6)53)43(63-34)47-45(55)46-33-20-14-15-21-36(33)66(31-16-10-8-11-17-31)32-18-12-9-13-19-32/h8-13,16-19,33-44H,14-15,20-23H2,1-7H3,(H2,46,47,55)/t33-,34+,35+,36-,37+,38+,39-,40-,41+,42+,43+,44-/m0/s1. The van der Waals surface area contributed by atoms with E-state index in [1.807, 2.05) is 36.4 Å². The molecular formula is C45H57N2O18P. The molecule has 0 radical (unpaired) electrons. The van der Waals surface area contributed by atoms with Crippen LogP contribution in [-0.2, 0) is 80.9 Å². The third-order valence-electron chi connectivity index (χ3n) is 10.6. The number of benzene rings is 2. The van der Waals surface area contributed by atoms with E-state index in [4.69, 9.17) is 47.4 Å². The monoisotopic (exact) mass is 944 g/mol. The maximum atomic E-state index is 14.2. The van der Waals surface area contributed by atoms with E-state index in [0.717, 1.165) is 78.3 Å². The fourth-order valence-electron chi connectivity index (χ4n) is 8.27. The first-order valence-corrected chi connectivity index (χ1v) is 22.9. The maximum Gasteiger partial charge on any atom is 0.317 e. The van der Waals surface area contributed by atoms with E-state index in [-0.39, 0.29) is 11.7 Å². The van der Waals surface area contributed by atoms with Gasteiger partial charge in [-0.2, -0.15) is 0 Å². The van der Waals surface area contributed by atoms with E-state index < -0.39 is 130 Å². The average Bonchev–Trinajstić information content (AvgIpc) is 3.24. The number of nitrogens with one attached hydrogen (secondary N) is 2. The van der Waals surface area contributed by atoms with Gasteiger partial charge in [0, 0.05) is 60.2 Å². The van der Waals surface area contributed by atoms with Crippen LogP contribution in [0.3, 0.4) is 0 Å². The normalized spacial score (nSPS) is 28.4. The number of rotatable bonds is 16. The van der Waals surface area contributed by atoms with E-state index in [1.54, 1.807) is 0 Å². The number of amides is 2. The van der Waals surface area contributed by atoms with Crippen molar-refractivity contribution in [3.63, 3.8) is 0 Å². The van der Waals surface area contributed by atoms with Crippen LogP contribution >= 0.6 is 7.92 Å². The van der Waals surface area contributed by atoms with E-state index in [2.05, 4.69) is 34.9 Å². The van der Waals surface area contributed by atoms with Gasteiger partial charge in [0.05, 0.1) is 0 Å². The number of carbonyl (C=O) groups excluding carboxylic acids is 8. The lowest BCUT2D eigenvalue weighted by molar-refractivity contribution is -0.345. The largest absolute Gasteiger partial charge is 0.463 e. The second-order valence-electron chi connectivity index (χ2n) is 15.8. The fraction of sp³-hybridized carbons (Fsp3) is 0.556. The van der Waals surface area contributed by atoms with Crippen molar-refractivity contribution < 1.29 is 85.7 Å². The average molecular weight is 945 g/mol. The van der Waals surface area contributed by atoms with Gasteiger partial charge < -0.3 is 58.0 Å². The molecule has 2 heterocycles. The Morgan fingerprint density at radius 3 is 1.45 bits per heavy atom. The second-order valence-corrected chi connectivity index (χ2v) is 18.3. The van der Waals surface area contributed by atoms with Crippen molar-refractivity contribution in [2.45, 2.75) is 147 Å². The van der Waals surface area contributed by atoms with Crippen molar-refractivity contribution in [2.75, 3.05) is 13.2 Å². The number of ether oxygens (including phenoxy) is 10. The van der Waals surface area contributed by atoms with Gasteiger partial charge in [0.15, 0.2) is 43.0 Å². The summed E-state index contributed by atoms with van der Waals surface area (Å²) in [5.41, 5.74) is 0.0192. The van der Waals surface area contributed by atoms with Gasteiger partial charge in [0.2, 0.25) is 0 Å². The second kappa shape index (κ2) is 24.2. The first-order valence-electron chi connectivity index (χ1n) is 21.5. The van der Waals surface area contributed by atoms with E-state index in [9.17, 15) is 38.4 Å². The third kappa shape index (κ3) is 14.4. The van der Waals surface area contributed by atoms with Gasteiger partial charge in [0.25, 0.3) is 0 Å². The van der Waals surface area contributed by atoms with Crippen LogP contribution in [-0.4, -0.2) is 134 Å². The molecule has 3 fully saturated rings. The molecule has 21 heteroatoms. The molecule has 2 aromatic rings. The van der Waals surface area contributed by atoms with Crippen molar-refractivity contribution >= 4 is 66.3 Å². The van der Waals surface area contributed by atoms with Gasteiger partial charge in [-0.25, -0.2) is 4.79 Å². The molecule has 3 aliphatic rings. The molecule has 0 aromatic heterocycles. The zero-order valence-electron chi connectivity index (χ0n) is 37.7. The summed E-state index contributed by atoms with van der Waals surface area (Å²) >= 11 is 0. The fourth-order valence-corrected chi connectivity index (χ4v) is 11.3. The predicted octanol–water partition coefficient (Wildman–Crippen LogP) is 2.35. The van der Waals surface area contributed by atoms with Crippen LogP contribution < -0.4 is 21.2 Å². The molecule has 0 bridgehead atoms. The molecule has 1 aliphatic carbocycles. The molecule has 1 saturated carbocycles. The van der Waals surface area contributed by atoms with Crippen LogP contribution in [0, 0.1) is 0 Å². The molecule has 2 aromatic carbocycles.